The maximum atomic E-state index is 4.25. The Kier molecular flexibility index (Phi) is 3.05. The van der Waals surface area contributed by atoms with Gasteiger partial charge in [0.1, 0.15) is 5.82 Å². The van der Waals surface area contributed by atoms with Crippen molar-refractivity contribution in [1.29, 1.82) is 0 Å². The minimum atomic E-state index is 0.863. The molecule has 1 aromatic heterocycles. The van der Waals surface area contributed by atoms with Crippen molar-refractivity contribution >= 4 is 22.6 Å². The first-order valence-corrected chi connectivity index (χ1v) is 4.70. The van der Waals surface area contributed by atoms with Crippen molar-refractivity contribution in [3.8, 4) is 0 Å². The molecule has 54 valence electrons. The first-order chi connectivity index (χ1) is 4.83. The summed E-state index contributed by atoms with van der Waals surface area (Å²) < 4.78 is 1.12. The topological polar surface area (TPSA) is 25.8 Å². The van der Waals surface area contributed by atoms with Crippen LogP contribution in [-0.4, -0.2) is 14.4 Å². The molecule has 0 fully saturated rings. The number of alkyl halides is 1. The molecule has 2 nitrogen and oxygen atoms in total. The van der Waals surface area contributed by atoms with Gasteiger partial charge in [0.25, 0.3) is 0 Å². The van der Waals surface area contributed by atoms with Crippen LogP contribution < -0.4 is 0 Å². The van der Waals surface area contributed by atoms with E-state index in [1.54, 1.807) is 0 Å². The minimum Gasteiger partial charge on any atom is -0.242 e. The number of halogens is 1. The molecule has 1 heterocycles. The second-order valence-corrected chi connectivity index (χ2v) is 3.11. The lowest BCUT2D eigenvalue weighted by molar-refractivity contribution is 0.960. The Bertz CT molecular complexity index is 213. The molecule has 3 heteroatoms. The van der Waals surface area contributed by atoms with Gasteiger partial charge in [-0.15, -0.1) is 0 Å². The van der Waals surface area contributed by atoms with E-state index in [2.05, 4.69) is 32.6 Å². The molecule has 1 rings (SSSR count). The molecule has 0 bridgehead atoms. The van der Waals surface area contributed by atoms with Crippen molar-refractivity contribution in [2.45, 2.75) is 13.3 Å². The summed E-state index contributed by atoms with van der Waals surface area (Å²) in [7, 11) is 0. The lowest BCUT2D eigenvalue weighted by Gasteiger charge is -1.95. The molecule has 0 saturated carbocycles. The van der Waals surface area contributed by atoms with Gasteiger partial charge in [-0.2, -0.15) is 0 Å². The zero-order valence-electron chi connectivity index (χ0n) is 5.84. The zero-order chi connectivity index (χ0) is 7.40. The summed E-state index contributed by atoms with van der Waals surface area (Å²) in [4.78, 5) is 8.26. The van der Waals surface area contributed by atoms with Crippen molar-refractivity contribution in [3.05, 3.63) is 23.8 Å². The highest BCUT2D eigenvalue weighted by molar-refractivity contribution is 14.1. The van der Waals surface area contributed by atoms with Crippen molar-refractivity contribution < 1.29 is 0 Å². The van der Waals surface area contributed by atoms with Crippen molar-refractivity contribution in [2.75, 3.05) is 4.43 Å². The lowest BCUT2D eigenvalue weighted by Crippen LogP contribution is -1.94. The van der Waals surface area contributed by atoms with Gasteiger partial charge in [0.05, 0.1) is 0 Å². The summed E-state index contributed by atoms with van der Waals surface area (Å²) in [6.45, 7) is 1.91. The van der Waals surface area contributed by atoms with Gasteiger partial charge in [0.2, 0.25) is 0 Å². The highest BCUT2D eigenvalue weighted by atomic mass is 127. The van der Waals surface area contributed by atoms with E-state index in [0.717, 1.165) is 22.4 Å². The second-order valence-electron chi connectivity index (χ2n) is 2.03. The van der Waals surface area contributed by atoms with Crippen LogP contribution in [0.25, 0.3) is 0 Å². The smallest absolute Gasteiger partial charge is 0.125 e. The number of hydrogen-bond donors (Lipinski definition) is 0. The highest BCUT2D eigenvalue weighted by Gasteiger charge is 1.92. The minimum absolute atomic E-state index is 0.863. The van der Waals surface area contributed by atoms with Crippen molar-refractivity contribution in [2.24, 2.45) is 0 Å². The summed E-state index contributed by atoms with van der Waals surface area (Å²) in [5, 5.41) is 0. The average molecular weight is 248 g/mol. The van der Waals surface area contributed by atoms with Crippen LogP contribution in [0.4, 0.5) is 0 Å². The van der Waals surface area contributed by atoms with Gasteiger partial charge in [-0.05, 0) is 19.4 Å². The van der Waals surface area contributed by atoms with E-state index in [1.165, 1.54) is 0 Å². The molecule has 0 aliphatic rings. The van der Waals surface area contributed by atoms with Crippen LogP contribution in [-0.2, 0) is 6.42 Å². The highest BCUT2D eigenvalue weighted by Crippen LogP contribution is 1.97. The molecule has 0 aliphatic carbocycles. The molecular weight excluding hydrogens is 239 g/mol. The van der Waals surface area contributed by atoms with E-state index in [0.29, 0.717) is 0 Å². The van der Waals surface area contributed by atoms with Gasteiger partial charge in [0.15, 0.2) is 0 Å². The summed E-state index contributed by atoms with van der Waals surface area (Å²) in [5.41, 5.74) is 1.14. The van der Waals surface area contributed by atoms with Crippen molar-refractivity contribution in [1.82, 2.24) is 9.97 Å². The van der Waals surface area contributed by atoms with E-state index in [-0.39, 0.29) is 0 Å². The first kappa shape index (κ1) is 7.91. The van der Waals surface area contributed by atoms with Gasteiger partial charge in [-0.1, -0.05) is 22.6 Å². The predicted octanol–water partition coefficient (Wildman–Crippen LogP) is 1.76. The fraction of sp³-hybridized carbons (Fsp3) is 0.429. The molecule has 0 spiro atoms. The molecule has 10 heavy (non-hydrogen) atoms. The molecule has 0 N–H and O–H groups in total. The Hall–Kier alpha value is -0.190. The Morgan fingerprint density at radius 2 is 2.40 bits per heavy atom. The number of hydrogen-bond acceptors (Lipinski definition) is 2. The monoisotopic (exact) mass is 248 g/mol. The Morgan fingerprint density at radius 3 is 3.00 bits per heavy atom. The number of aryl methyl sites for hydroxylation is 2. The largest absolute Gasteiger partial charge is 0.242 e. The Morgan fingerprint density at radius 1 is 1.60 bits per heavy atom. The summed E-state index contributed by atoms with van der Waals surface area (Å²) >= 11 is 2.34. The molecular formula is C7H9IN2. The first-order valence-electron chi connectivity index (χ1n) is 3.17. The van der Waals surface area contributed by atoms with Crippen LogP contribution in [0.2, 0.25) is 0 Å². The SMILES string of the molecule is Cc1nccc(CCI)n1. The summed E-state index contributed by atoms with van der Waals surface area (Å²) in [5.74, 6) is 0.863. The maximum Gasteiger partial charge on any atom is 0.125 e. The second kappa shape index (κ2) is 3.85. The number of rotatable bonds is 2. The van der Waals surface area contributed by atoms with E-state index < -0.39 is 0 Å². The fourth-order valence-electron chi connectivity index (χ4n) is 0.741. The molecule has 1 aromatic rings. The van der Waals surface area contributed by atoms with E-state index in [4.69, 9.17) is 0 Å². The zero-order valence-corrected chi connectivity index (χ0v) is 8.00. The van der Waals surface area contributed by atoms with Crippen LogP contribution >= 0.6 is 22.6 Å². The quantitative estimate of drug-likeness (QED) is 0.588. The molecule has 0 aliphatic heterocycles. The normalized spacial score (nSPS) is 9.80. The molecule has 0 saturated heterocycles. The molecule has 0 aromatic carbocycles. The number of nitrogens with zero attached hydrogens (tertiary/aromatic N) is 2. The third-order valence-electron chi connectivity index (χ3n) is 1.18. The van der Waals surface area contributed by atoms with Gasteiger partial charge >= 0.3 is 0 Å². The fourth-order valence-corrected chi connectivity index (χ4v) is 1.29. The van der Waals surface area contributed by atoms with Crippen LogP contribution in [0.5, 0.6) is 0 Å². The Balaban J connectivity index is 2.75. The maximum absolute atomic E-state index is 4.25. The third kappa shape index (κ3) is 2.21. The van der Waals surface area contributed by atoms with Gasteiger partial charge < -0.3 is 0 Å². The summed E-state index contributed by atoms with van der Waals surface area (Å²) in [6.07, 6.45) is 2.86. The van der Waals surface area contributed by atoms with E-state index >= 15 is 0 Å². The van der Waals surface area contributed by atoms with E-state index in [1.807, 2.05) is 19.2 Å². The Labute approximate surface area is 74.2 Å². The van der Waals surface area contributed by atoms with Crippen molar-refractivity contribution in [3.63, 3.8) is 0 Å². The van der Waals surface area contributed by atoms with Crippen LogP contribution in [0, 0.1) is 6.92 Å². The molecule has 0 amide bonds. The molecule has 0 unspecified atom stereocenters. The van der Waals surface area contributed by atoms with Gasteiger partial charge in [-0.25, -0.2) is 9.97 Å². The lowest BCUT2D eigenvalue weighted by atomic mass is 10.3. The molecule has 0 radical (unpaired) electrons. The van der Waals surface area contributed by atoms with Crippen LogP contribution in [0.1, 0.15) is 11.5 Å². The van der Waals surface area contributed by atoms with Crippen LogP contribution in [0.3, 0.4) is 0 Å². The van der Waals surface area contributed by atoms with Gasteiger partial charge in [0, 0.05) is 16.3 Å². The third-order valence-corrected chi connectivity index (χ3v) is 1.72. The van der Waals surface area contributed by atoms with Gasteiger partial charge in [-0.3, -0.25) is 0 Å². The summed E-state index contributed by atoms with van der Waals surface area (Å²) in [6, 6.07) is 1.96. The van der Waals surface area contributed by atoms with Crippen LogP contribution in [0.15, 0.2) is 12.3 Å². The standard InChI is InChI=1S/C7H9IN2/c1-6-9-5-3-7(10-6)2-4-8/h3,5H,2,4H2,1H3. The predicted molar refractivity (Wildman–Crippen MR) is 49.4 cm³/mol. The van der Waals surface area contributed by atoms with E-state index in [9.17, 15) is 0 Å². The number of aromatic nitrogens is 2. The molecule has 0 atom stereocenters. The average Bonchev–Trinajstić information content (AvgIpc) is 1.88.